The Morgan fingerprint density at radius 2 is 2.12 bits per heavy atom. The lowest BCUT2D eigenvalue weighted by Crippen LogP contribution is -2.26. The summed E-state index contributed by atoms with van der Waals surface area (Å²) in [6.07, 6.45) is -2.82. The second-order valence-electron chi connectivity index (χ2n) is 3.88. The molecule has 0 aromatic carbocycles. The molecule has 1 fully saturated rings. The van der Waals surface area contributed by atoms with Gasteiger partial charge in [0.15, 0.2) is 11.4 Å². The normalized spacial score (nSPS) is 16.1. The second kappa shape index (κ2) is 4.01. The molecule has 1 aliphatic rings. The molecule has 1 aromatic rings. The van der Waals surface area contributed by atoms with Crippen molar-refractivity contribution in [3.63, 3.8) is 0 Å². The highest BCUT2D eigenvalue weighted by Crippen LogP contribution is 2.36. The fraction of sp³-hybridized carbons (Fsp3) is 0.556. The van der Waals surface area contributed by atoms with Crippen LogP contribution < -0.4 is 5.32 Å². The Morgan fingerprint density at radius 1 is 1.53 bits per heavy atom. The Bertz CT molecular complexity index is 465. The number of rotatable bonds is 2. The van der Waals surface area contributed by atoms with Gasteiger partial charge in [0.1, 0.15) is 0 Å². The van der Waals surface area contributed by atoms with Crippen molar-refractivity contribution >= 4 is 21.8 Å². The summed E-state index contributed by atoms with van der Waals surface area (Å²) >= 11 is 2.78. The number of carbonyl (C=O) groups is 1. The first kappa shape index (κ1) is 12.4. The second-order valence-corrected chi connectivity index (χ2v) is 4.67. The van der Waals surface area contributed by atoms with E-state index in [1.807, 2.05) is 0 Å². The third kappa shape index (κ3) is 2.46. The maximum absolute atomic E-state index is 12.6. The third-order valence-corrected chi connectivity index (χ3v) is 3.14. The van der Waals surface area contributed by atoms with Gasteiger partial charge in [-0.2, -0.15) is 18.3 Å². The summed E-state index contributed by atoms with van der Waals surface area (Å²) in [7, 11) is 1.15. The zero-order chi connectivity index (χ0) is 12.8. The van der Waals surface area contributed by atoms with E-state index in [-0.39, 0.29) is 16.2 Å². The van der Waals surface area contributed by atoms with E-state index in [0.29, 0.717) is 4.68 Å². The highest BCUT2D eigenvalue weighted by atomic mass is 79.9. The van der Waals surface area contributed by atoms with Gasteiger partial charge in [0, 0.05) is 13.1 Å². The van der Waals surface area contributed by atoms with Crippen LogP contribution >= 0.6 is 15.9 Å². The summed E-state index contributed by atoms with van der Waals surface area (Å²) in [4.78, 5) is 11.6. The Hall–Kier alpha value is -1.05. The SMILES string of the molecule is Cn1nc(C(=O)NC2CC2)c(Br)c1C(F)(F)F. The number of hydrogen-bond acceptors (Lipinski definition) is 2. The molecule has 17 heavy (non-hydrogen) atoms. The lowest BCUT2D eigenvalue weighted by Gasteiger charge is -2.06. The summed E-state index contributed by atoms with van der Waals surface area (Å²) in [6.45, 7) is 0. The monoisotopic (exact) mass is 311 g/mol. The van der Waals surface area contributed by atoms with Gasteiger partial charge < -0.3 is 5.32 Å². The molecule has 1 aliphatic carbocycles. The molecule has 8 heteroatoms. The zero-order valence-corrected chi connectivity index (χ0v) is 10.4. The van der Waals surface area contributed by atoms with Gasteiger partial charge in [-0.15, -0.1) is 0 Å². The van der Waals surface area contributed by atoms with Crippen molar-refractivity contribution in [2.24, 2.45) is 7.05 Å². The lowest BCUT2D eigenvalue weighted by atomic mass is 10.3. The molecule has 1 N–H and O–H groups in total. The summed E-state index contributed by atoms with van der Waals surface area (Å²) in [5.41, 5.74) is -1.19. The fourth-order valence-corrected chi connectivity index (χ4v) is 2.17. The molecule has 1 saturated carbocycles. The predicted molar refractivity (Wildman–Crippen MR) is 56.4 cm³/mol. The van der Waals surface area contributed by atoms with E-state index >= 15 is 0 Å². The molecular weight excluding hydrogens is 303 g/mol. The van der Waals surface area contributed by atoms with E-state index in [9.17, 15) is 18.0 Å². The van der Waals surface area contributed by atoms with E-state index < -0.39 is 17.8 Å². The maximum Gasteiger partial charge on any atom is 0.434 e. The number of nitrogens with zero attached hydrogens (tertiary/aromatic N) is 2. The number of aryl methyl sites for hydroxylation is 1. The number of amides is 1. The van der Waals surface area contributed by atoms with Crippen LogP contribution in [0, 0.1) is 0 Å². The summed E-state index contributed by atoms with van der Waals surface area (Å²) < 4.78 is 38.3. The molecule has 1 heterocycles. The number of alkyl halides is 3. The van der Waals surface area contributed by atoms with Gasteiger partial charge in [-0.1, -0.05) is 0 Å². The summed E-state index contributed by atoms with van der Waals surface area (Å²) in [6, 6.07) is 0.0748. The van der Waals surface area contributed by atoms with Crippen molar-refractivity contribution in [3.05, 3.63) is 15.9 Å². The average Bonchev–Trinajstić information content (AvgIpc) is 2.90. The largest absolute Gasteiger partial charge is 0.434 e. The van der Waals surface area contributed by atoms with E-state index in [4.69, 9.17) is 0 Å². The molecule has 0 radical (unpaired) electrons. The molecule has 0 aliphatic heterocycles. The van der Waals surface area contributed by atoms with Gasteiger partial charge in [-0.05, 0) is 28.8 Å². The molecule has 0 bridgehead atoms. The van der Waals surface area contributed by atoms with Crippen LogP contribution in [0.1, 0.15) is 29.0 Å². The molecule has 94 valence electrons. The summed E-state index contributed by atoms with van der Waals surface area (Å²) in [5, 5.41) is 6.19. The first-order valence-electron chi connectivity index (χ1n) is 4.91. The van der Waals surface area contributed by atoms with Crippen LogP contribution in [0.15, 0.2) is 4.47 Å². The number of nitrogens with one attached hydrogen (secondary N) is 1. The smallest absolute Gasteiger partial charge is 0.348 e. The van der Waals surface area contributed by atoms with Crippen LogP contribution in [0.3, 0.4) is 0 Å². The van der Waals surface area contributed by atoms with E-state index in [0.717, 1.165) is 19.9 Å². The van der Waals surface area contributed by atoms with Crippen molar-refractivity contribution in [2.45, 2.75) is 25.1 Å². The number of hydrogen-bond donors (Lipinski definition) is 1. The topological polar surface area (TPSA) is 46.9 Å². The van der Waals surface area contributed by atoms with Gasteiger partial charge in [0.05, 0.1) is 4.47 Å². The van der Waals surface area contributed by atoms with Crippen LogP contribution in [-0.2, 0) is 13.2 Å². The highest BCUT2D eigenvalue weighted by Gasteiger charge is 2.40. The van der Waals surface area contributed by atoms with Crippen LogP contribution in [0.2, 0.25) is 0 Å². The predicted octanol–water partition coefficient (Wildman–Crippen LogP) is 2.09. The third-order valence-electron chi connectivity index (χ3n) is 2.39. The van der Waals surface area contributed by atoms with E-state index in [1.165, 1.54) is 0 Å². The molecule has 0 saturated heterocycles. The number of carbonyl (C=O) groups excluding carboxylic acids is 1. The fourth-order valence-electron chi connectivity index (χ4n) is 1.43. The van der Waals surface area contributed by atoms with E-state index in [2.05, 4.69) is 26.3 Å². The first-order chi connectivity index (χ1) is 7.80. The quantitative estimate of drug-likeness (QED) is 0.909. The minimum Gasteiger partial charge on any atom is -0.348 e. The Balaban J connectivity index is 2.32. The van der Waals surface area contributed by atoms with Crippen molar-refractivity contribution < 1.29 is 18.0 Å². The van der Waals surface area contributed by atoms with Crippen LogP contribution in [-0.4, -0.2) is 21.7 Å². The first-order valence-corrected chi connectivity index (χ1v) is 5.70. The minimum absolute atomic E-state index is 0.0748. The maximum atomic E-state index is 12.6. The average molecular weight is 312 g/mol. The highest BCUT2D eigenvalue weighted by molar-refractivity contribution is 9.10. The standard InChI is InChI=1S/C9H9BrF3N3O/c1-16-7(9(11,12)13)5(10)6(15-16)8(17)14-4-2-3-4/h4H,2-3H2,1H3,(H,14,17). The molecule has 0 unspecified atom stereocenters. The molecule has 0 atom stereocenters. The minimum atomic E-state index is -4.54. The Kier molecular flexibility index (Phi) is 2.92. The molecule has 4 nitrogen and oxygen atoms in total. The van der Waals surface area contributed by atoms with Crippen molar-refractivity contribution in [1.82, 2.24) is 15.1 Å². The number of halogens is 4. The molecule has 1 amide bonds. The van der Waals surface area contributed by atoms with Gasteiger partial charge >= 0.3 is 6.18 Å². The molecule has 1 aromatic heterocycles. The van der Waals surface area contributed by atoms with Crippen LogP contribution in [0.5, 0.6) is 0 Å². The van der Waals surface area contributed by atoms with Gasteiger partial charge in [-0.25, -0.2) is 0 Å². The Labute approximate surface area is 103 Å². The summed E-state index contributed by atoms with van der Waals surface area (Å²) in [5.74, 6) is -0.578. The zero-order valence-electron chi connectivity index (χ0n) is 8.81. The van der Waals surface area contributed by atoms with Gasteiger partial charge in [0.2, 0.25) is 0 Å². The number of aromatic nitrogens is 2. The molecule has 0 spiro atoms. The van der Waals surface area contributed by atoms with Crippen molar-refractivity contribution in [1.29, 1.82) is 0 Å². The van der Waals surface area contributed by atoms with Crippen molar-refractivity contribution in [2.75, 3.05) is 0 Å². The van der Waals surface area contributed by atoms with Gasteiger partial charge in [-0.3, -0.25) is 9.48 Å². The van der Waals surface area contributed by atoms with Crippen LogP contribution in [0.4, 0.5) is 13.2 Å². The van der Waals surface area contributed by atoms with Gasteiger partial charge in [0.25, 0.3) is 5.91 Å². The lowest BCUT2D eigenvalue weighted by molar-refractivity contribution is -0.144. The molecular formula is C9H9BrF3N3O. The van der Waals surface area contributed by atoms with E-state index in [1.54, 1.807) is 0 Å². The molecule has 2 rings (SSSR count). The van der Waals surface area contributed by atoms with Crippen molar-refractivity contribution in [3.8, 4) is 0 Å². The van der Waals surface area contributed by atoms with Crippen LogP contribution in [0.25, 0.3) is 0 Å². The Morgan fingerprint density at radius 3 is 2.53 bits per heavy atom.